The molecule has 0 aromatic heterocycles. The molecule has 0 saturated carbocycles. The fourth-order valence-electron chi connectivity index (χ4n) is 7.89. The highest BCUT2D eigenvalue weighted by Gasteiger charge is 2.55. The summed E-state index contributed by atoms with van der Waals surface area (Å²) in [4.78, 5) is 7.10. The first-order valence-corrected chi connectivity index (χ1v) is 18.0. The smallest absolute Gasteiger partial charge is 0.183 e. The summed E-state index contributed by atoms with van der Waals surface area (Å²) >= 11 is 0. The van der Waals surface area contributed by atoms with Gasteiger partial charge in [-0.05, 0) is 119 Å². The van der Waals surface area contributed by atoms with Gasteiger partial charge in [-0.25, -0.2) is 0 Å². The van der Waals surface area contributed by atoms with Crippen LogP contribution in [0, 0.1) is 41.5 Å². The number of hydrogen-bond acceptors (Lipinski definition) is 4. The van der Waals surface area contributed by atoms with E-state index in [0.717, 1.165) is 83.8 Å². The Morgan fingerprint density at radius 3 is 1.13 bits per heavy atom. The van der Waals surface area contributed by atoms with Gasteiger partial charge in [0.15, 0.2) is 7.14 Å². The highest BCUT2D eigenvalue weighted by Crippen LogP contribution is 2.67. The number of benzene rings is 6. The average molecular weight is 630 g/mol. The predicted octanol–water partition coefficient (Wildman–Crippen LogP) is 10.5. The molecule has 0 aliphatic carbocycles. The van der Waals surface area contributed by atoms with Crippen LogP contribution in [0.1, 0.15) is 33.4 Å². The highest BCUT2D eigenvalue weighted by atomic mass is 31.2. The van der Waals surface area contributed by atoms with E-state index in [4.69, 9.17) is 0 Å². The first kappa shape index (κ1) is 28.2. The maximum absolute atomic E-state index is 16.8. The lowest BCUT2D eigenvalue weighted by Gasteiger charge is -2.50. The van der Waals surface area contributed by atoms with Crippen LogP contribution in [0.2, 0.25) is 0 Å². The summed E-state index contributed by atoms with van der Waals surface area (Å²) in [5.74, 6) is 0. The summed E-state index contributed by atoms with van der Waals surface area (Å²) in [6.45, 7) is 12.8. The van der Waals surface area contributed by atoms with Crippen LogP contribution in [0.25, 0.3) is 0 Å². The van der Waals surface area contributed by atoms with Gasteiger partial charge in [0, 0.05) is 17.1 Å². The highest BCUT2D eigenvalue weighted by molar-refractivity contribution is 7.87. The van der Waals surface area contributed by atoms with E-state index in [2.05, 4.69) is 165 Å². The van der Waals surface area contributed by atoms with Crippen LogP contribution in [-0.4, -0.2) is 0 Å². The second-order valence-corrected chi connectivity index (χ2v) is 16.0. The van der Waals surface area contributed by atoms with Gasteiger partial charge in [0.05, 0.1) is 50.0 Å². The Morgan fingerprint density at radius 2 is 0.745 bits per heavy atom. The van der Waals surface area contributed by atoms with Crippen LogP contribution < -0.4 is 30.6 Å². The Kier molecular flexibility index (Phi) is 5.84. The van der Waals surface area contributed by atoms with Gasteiger partial charge in [0.1, 0.15) is 0 Å². The third-order valence-corrected chi connectivity index (χ3v) is 13.3. The fraction of sp³-hybridized carbons (Fsp3) is 0.143. The normalized spacial score (nSPS) is 14.7. The van der Waals surface area contributed by atoms with E-state index in [1.807, 2.05) is 0 Å². The molecule has 6 aromatic carbocycles. The number of rotatable bonds is 3. The maximum Gasteiger partial charge on any atom is 0.183 e. The minimum absolute atomic E-state index is 0.923. The van der Waals surface area contributed by atoms with Gasteiger partial charge >= 0.3 is 0 Å². The largest absolute Gasteiger partial charge is 0.309 e. The van der Waals surface area contributed by atoms with E-state index in [9.17, 15) is 0 Å². The second-order valence-electron chi connectivity index (χ2n) is 13.5. The van der Waals surface area contributed by atoms with Crippen LogP contribution >= 0.6 is 7.14 Å². The minimum atomic E-state index is -3.39. The fourth-order valence-corrected chi connectivity index (χ4v) is 11.7. The number of hydrogen-bond donors (Lipinski definition) is 0. The van der Waals surface area contributed by atoms with Crippen LogP contribution in [0.15, 0.2) is 109 Å². The van der Waals surface area contributed by atoms with Gasteiger partial charge in [-0.1, -0.05) is 65.2 Å². The number of anilines is 9. The summed E-state index contributed by atoms with van der Waals surface area (Å²) in [5.41, 5.74) is 16.2. The van der Waals surface area contributed by atoms with E-state index in [1.165, 1.54) is 16.7 Å². The zero-order valence-corrected chi connectivity index (χ0v) is 28.5. The molecule has 0 unspecified atom stereocenters. The molecule has 9 rings (SSSR count). The zero-order chi connectivity index (χ0) is 32.4. The lowest BCUT2D eigenvalue weighted by atomic mass is 10.0. The molecule has 0 amide bonds. The Labute approximate surface area is 276 Å². The van der Waals surface area contributed by atoms with E-state index >= 15 is 4.57 Å². The molecule has 0 fully saturated rings. The Bertz CT molecular complexity index is 2200. The monoisotopic (exact) mass is 629 g/mol. The molecule has 0 radical (unpaired) electrons. The molecule has 4 nitrogen and oxygen atoms in total. The summed E-state index contributed by atoms with van der Waals surface area (Å²) in [5, 5.41) is 2.78. The van der Waals surface area contributed by atoms with Crippen LogP contribution in [0.5, 0.6) is 0 Å². The van der Waals surface area contributed by atoms with Crippen molar-refractivity contribution in [1.82, 2.24) is 0 Å². The van der Waals surface area contributed by atoms with E-state index in [-0.39, 0.29) is 0 Å². The van der Waals surface area contributed by atoms with Crippen molar-refractivity contribution in [2.24, 2.45) is 0 Å². The van der Waals surface area contributed by atoms with Gasteiger partial charge < -0.3 is 19.3 Å². The molecule has 0 spiro atoms. The van der Waals surface area contributed by atoms with Crippen molar-refractivity contribution in [3.63, 3.8) is 0 Å². The molecule has 230 valence electrons. The topological polar surface area (TPSA) is 26.8 Å². The lowest BCUT2D eigenvalue weighted by molar-refractivity contribution is 0.592. The number of nitrogens with zero attached hydrogens (tertiary/aromatic N) is 3. The Balaban J connectivity index is 1.50. The molecular weight excluding hydrogens is 593 g/mol. The van der Waals surface area contributed by atoms with Crippen LogP contribution in [0.4, 0.5) is 51.2 Å². The van der Waals surface area contributed by atoms with Gasteiger partial charge in [-0.2, -0.15) is 0 Å². The SMILES string of the molecule is Cc1ccc(N2c3cc(C)cc4c3P3(=O)c5c2ccc(C)c5N(c2ccc(C)cc2)c2c(C)ccc(c23)N4c2ccc(C)cc2)cc1. The third-order valence-electron chi connectivity index (χ3n) is 10.1. The Morgan fingerprint density at radius 1 is 0.383 bits per heavy atom. The summed E-state index contributed by atoms with van der Waals surface area (Å²) < 4.78 is 16.8. The molecule has 5 heteroatoms. The van der Waals surface area contributed by atoms with E-state index < -0.39 is 7.14 Å². The first-order chi connectivity index (χ1) is 22.7. The molecule has 47 heavy (non-hydrogen) atoms. The van der Waals surface area contributed by atoms with Crippen molar-refractivity contribution in [1.29, 1.82) is 0 Å². The molecule has 3 aliphatic heterocycles. The Hall–Kier alpha value is -5.05. The number of aryl methyl sites for hydroxylation is 6. The van der Waals surface area contributed by atoms with Crippen LogP contribution in [0.3, 0.4) is 0 Å². The van der Waals surface area contributed by atoms with Gasteiger partial charge in [0.25, 0.3) is 0 Å². The van der Waals surface area contributed by atoms with Crippen molar-refractivity contribution in [3.05, 3.63) is 143 Å². The molecule has 6 aromatic rings. The van der Waals surface area contributed by atoms with Crippen molar-refractivity contribution >= 4 is 74.2 Å². The van der Waals surface area contributed by atoms with E-state index in [0.29, 0.717) is 0 Å². The molecule has 0 bridgehead atoms. The van der Waals surface area contributed by atoms with Gasteiger partial charge in [0.2, 0.25) is 0 Å². The van der Waals surface area contributed by atoms with Crippen molar-refractivity contribution in [2.75, 3.05) is 14.7 Å². The molecule has 0 N–H and O–H groups in total. The molecular formula is C42H36N3OP. The standard InChI is InChI=1S/C42H36N3OP/c1-25-7-15-31(16-8-25)43-34-21-13-29(5)38-41(34)47(46)40-36(43)23-28(4)24-37(40)44(32-17-9-26(2)10-18-32)35-22-14-30(6)39(42(35)47)45(38)33-19-11-27(3)12-20-33/h7-24H,1-6H3. The van der Waals surface area contributed by atoms with E-state index in [1.54, 1.807) is 0 Å². The summed E-state index contributed by atoms with van der Waals surface area (Å²) in [6, 6.07) is 39.5. The van der Waals surface area contributed by atoms with Crippen molar-refractivity contribution < 1.29 is 4.57 Å². The third kappa shape index (κ3) is 3.74. The lowest BCUT2D eigenvalue weighted by Crippen LogP contribution is -2.48. The van der Waals surface area contributed by atoms with Gasteiger partial charge in [-0.15, -0.1) is 0 Å². The van der Waals surface area contributed by atoms with Gasteiger partial charge in [-0.3, -0.25) is 0 Å². The first-order valence-electron chi connectivity index (χ1n) is 16.3. The quantitative estimate of drug-likeness (QED) is 0.182. The second kappa shape index (κ2) is 9.73. The molecule has 0 saturated heterocycles. The zero-order valence-electron chi connectivity index (χ0n) is 27.6. The molecule has 3 heterocycles. The predicted molar refractivity (Wildman–Crippen MR) is 199 cm³/mol. The van der Waals surface area contributed by atoms with Crippen molar-refractivity contribution in [3.8, 4) is 0 Å². The average Bonchev–Trinajstić information content (AvgIpc) is 3.05. The summed E-state index contributed by atoms with van der Waals surface area (Å²) in [7, 11) is -3.39. The molecule has 0 atom stereocenters. The maximum atomic E-state index is 16.8. The molecule has 3 aliphatic rings. The van der Waals surface area contributed by atoms with Crippen LogP contribution in [-0.2, 0) is 4.57 Å². The van der Waals surface area contributed by atoms with Crippen molar-refractivity contribution in [2.45, 2.75) is 41.5 Å². The summed E-state index contributed by atoms with van der Waals surface area (Å²) in [6.07, 6.45) is 0. The minimum Gasteiger partial charge on any atom is -0.309 e.